The number of hydrogen-bond donors (Lipinski definition) is 0. The molecule has 4 nitrogen and oxygen atoms in total. The van der Waals surface area contributed by atoms with Crippen LogP contribution in [0.25, 0.3) is 0 Å². The maximum Gasteiger partial charge on any atom is 0.240 e. The third kappa shape index (κ3) is 1.32. The summed E-state index contributed by atoms with van der Waals surface area (Å²) in [5.41, 5.74) is 1.70. The van der Waals surface area contributed by atoms with Gasteiger partial charge in [-0.05, 0) is 24.6 Å². The van der Waals surface area contributed by atoms with Crippen molar-refractivity contribution in [2.75, 3.05) is 4.90 Å². The van der Waals surface area contributed by atoms with E-state index < -0.39 is 0 Å². The van der Waals surface area contributed by atoms with Crippen LogP contribution in [-0.4, -0.2) is 24.0 Å². The molecule has 2 saturated heterocycles. The number of aryl methyl sites for hydroxylation is 1. The lowest BCUT2D eigenvalue weighted by atomic mass is 9.85. The molecular weight excluding hydrogens is 242 g/mol. The second kappa shape index (κ2) is 3.54. The number of anilines is 1. The van der Waals surface area contributed by atoms with E-state index in [0.717, 1.165) is 5.56 Å². The first kappa shape index (κ1) is 10.9. The van der Waals surface area contributed by atoms with E-state index in [1.54, 1.807) is 6.07 Å². The molecule has 2 fully saturated rings. The molecular formula is C15H13NO3. The number of benzene rings is 1. The number of imide groups is 1. The zero-order valence-corrected chi connectivity index (χ0v) is 10.4. The molecule has 1 aromatic rings. The van der Waals surface area contributed by atoms with Crippen LogP contribution in [0, 0.1) is 18.8 Å². The first-order valence-electron chi connectivity index (χ1n) is 6.45. The Bertz CT molecular complexity index is 592. The molecule has 0 aromatic heterocycles. The Hall–Kier alpha value is -1.94. The van der Waals surface area contributed by atoms with Crippen LogP contribution in [0.1, 0.15) is 5.56 Å². The van der Waals surface area contributed by atoms with Gasteiger partial charge in [0, 0.05) is 0 Å². The summed E-state index contributed by atoms with van der Waals surface area (Å²) >= 11 is 0. The summed E-state index contributed by atoms with van der Waals surface area (Å²) in [5.74, 6) is -0.916. The summed E-state index contributed by atoms with van der Waals surface area (Å²) in [6.07, 6.45) is 3.36. The summed E-state index contributed by atoms with van der Waals surface area (Å²) in [6.45, 7) is 1.95. The van der Waals surface area contributed by atoms with E-state index in [0.29, 0.717) is 5.69 Å². The highest BCUT2D eigenvalue weighted by Crippen LogP contribution is 2.46. The Labute approximate surface area is 110 Å². The lowest BCUT2D eigenvalue weighted by Crippen LogP contribution is -2.34. The first-order valence-corrected chi connectivity index (χ1v) is 6.45. The third-order valence-electron chi connectivity index (χ3n) is 4.17. The molecule has 19 heavy (non-hydrogen) atoms. The SMILES string of the molecule is Cc1cccc(N2C(=O)[C@@H]3[C@H](C2=O)[C@H]2C=C[C@@H]3O2)c1. The highest BCUT2D eigenvalue weighted by molar-refractivity contribution is 6.23. The van der Waals surface area contributed by atoms with E-state index in [-0.39, 0.29) is 35.9 Å². The molecule has 4 heteroatoms. The van der Waals surface area contributed by atoms with Crippen LogP contribution < -0.4 is 4.90 Å². The molecule has 4 atom stereocenters. The summed E-state index contributed by atoms with van der Waals surface area (Å²) in [6, 6.07) is 7.49. The Morgan fingerprint density at radius 2 is 1.68 bits per heavy atom. The monoisotopic (exact) mass is 255 g/mol. The number of ether oxygens (including phenoxy) is 1. The maximum atomic E-state index is 12.5. The van der Waals surface area contributed by atoms with Crippen molar-refractivity contribution in [3.05, 3.63) is 42.0 Å². The minimum atomic E-state index is -0.331. The normalized spacial score (nSPS) is 35.3. The molecule has 0 spiro atoms. The van der Waals surface area contributed by atoms with Gasteiger partial charge in [0.2, 0.25) is 11.8 Å². The van der Waals surface area contributed by atoms with Crippen molar-refractivity contribution in [3.63, 3.8) is 0 Å². The highest BCUT2D eigenvalue weighted by atomic mass is 16.5. The number of nitrogens with zero attached hydrogens (tertiary/aromatic N) is 1. The number of carbonyl (C=O) groups is 2. The van der Waals surface area contributed by atoms with E-state index in [2.05, 4.69) is 0 Å². The topological polar surface area (TPSA) is 46.6 Å². The quantitative estimate of drug-likeness (QED) is 0.563. The lowest BCUT2D eigenvalue weighted by Gasteiger charge is -2.17. The predicted molar refractivity (Wildman–Crippen MR) is 68.5 cm³/mol. The summed E-state index contributed by atoms with van der Waals surface area (Å²) in [5, 5.41) is 0. The van der Waals surface area contributed by atoms with Gasteiger partial charge in [-0.3, -0.25) is 9.59 Å². The summed E-state index contributed by atoms with van der Waals surface area (Å²) < 4.78 is 5.61. The molecule has 96 valence electrons. The lowest BCUT2D eigenvalue weighted by molar-refractivity contribution is -0.124. The van der Waals surface area contributed by atoms with Gasteiger partial charge in [-0.25, -0.2) is 4.90 Å². The molecule has 1 aromatic carbocycles. The molecule has 0 aliphatic carbocycles. The predicted octanol–water partition coefficient (Wildman–Crippen LogP) is 1.44. The molecule has 3 aliphatic heterocycles. The van der Waals surface area contributed by atoms with Crippen molar-refractivity contribution in [1.29, 1.82) is 0 Å². The average molecular weight is 255 g/mol. The van der Waals surface area contributed by atoms with Crippen molar-refractivity contribution in [2.45, 2.75) is 19.1 Å². The second-order valence-electron chi connectivity index (χ2n) is 5.35. The van der Waals surface area contributed by atoms with Crippen molar-refractivity contribution in [2.24, 2.45) is 11.8 Å². The van der Waals surface area contributed by atoms with E-state index in [9.17, 15) is 9.59 Å². The maximum absolute atomic E-state index is 12.5. The molecule has 2 amide bonds. The molecule has 3 heterocycles. The fourth-order valence-electron chi connectivity index (χ4n) is 3.33. The van der Waals surface area contributed by atoms with Gasteiger partial charge in [-0.2, -0.15) is 0 Å². The second-order valence-corrected chi connectivity index (χ2v) is 5.35. The van der Waals surface area contributed by atoms with Gasteiger partial charge in [-0.1, -0.05) is 24.3 Å². The van der Waals surface area contributed by atoms with E-state index in [4.69, 9.17) is 4.74 Å². The molecule has 2 bridgehead atoms. The number of hydrogen-bond acceptors (Lipinski definition) is 3. The Balaban J connectivity index is 1.77. The van der Waals surface area contributed by atoms with Crippen molar-refractivity contribution in [1.82, 2.24) is 0 Å². The van der Waals surface area contributed by atoms with Crippen LogP contribution in [0.2, 0.25) is 0 Å². The Kier molecular flexibility index (Phi) is 2.04. The van der Waals surface area contributed by atoms with E-state index >= 15 is 0 Å². The minimum absolute atomic E-state index is 0.127. The fourth-order valence-corrected chi connectivity index (χ4v) is 3.33. The van der Waals surface area contributed by atoms with E-state index in [1.807, 2.05) is 37.3 Å². The zero-order valence-electron chi connectivity index (χ0n) is 10.4. The molecule has 4 rings (SSSR count). The zero-order chi connectivity index (χ0) is 13.1. The van der Waals surface area contributed by atoms with Crippen LogP contribution in [0.4, 0.5) is 5.69 Å². The van der Waals surface area contributed by atoms with Crippen LogP contribution in [0.15, 0.2) is 36.4 Å². The standard InChI is InChI=1S/C15H13NO3/c1-8-3-2-4-9(7-8)16-14(17)12-10-5-6-11(19-10)13(12)15(16)18/h2-7,10-13H,1H3/t10-,11+,12-,13+. The summed E-state index contributed by atoms with van der Waals surface area (Å²) in [4.78, 5) is 26.3. The molecule has 0 unspecified atom stereocenters. The molecule has 3 aliphatic rings. The van der Waals surface area contributed by atoms with Crippen LogP contribution in [0.5, 0.6) is 0 Å². The van der Waals surface area contributed by atoms with Gasteiger partial charge >= 0.3 is 0 Å². The highest BCUT2D eigenvalue weighted by Gasteiger charge is 2.60. The summed E-state index contributed by atoms with van der Waals surface area (Å²) in [7, 11) is 0. The van der Waals surface area contributed by atoms with Crippen LogP contribution in [-0.2, 0) is 14.3 Å². The van der Waals surface area contributed by atoms with Crippen LogP contribution >= 0.6 is 0 Å². The van der Waals surface area contributed by atoms with Crippen LogP contribution in [0.3, 0.4) is 0 Å². The fraction of sp³-hybridized carbons (Fsp3) is 0.333. The Morgan fingerprint density at radius 3 is 2.26 bits per heavy atom. The number of rotatable bonds is 1. The van der Waals surface area contributed by atoms with Crippen molar-refractivity contribution in [3.8, 4) is 0 Å². The third-order valence-corrected chi connectivity index (χ3v) is 4.17. The first-order chi connectivity index (χ1) is 9.16. The van der Waals surface area contributed by atoms with Gasteiger partial charge in [0.15, 0.2) is 0 Å². The van der Waals surface area contributed by atoms with Gasteiger partial charge in [-0.15, -0.1) is 0 Å². The average Bonchev–Trinajstić information content (AvgIpc) is 3.04. The number of amides is 2. The number of carbonyl (C=O) groups excluding carboxylic acids is 2. The van der Waals surface area contributed by atoms with Crippen molar-refractivity contribution < 1.29 is 14.3 Å². The minimum Gasteiger partial charge on any atom is -0.365 e. The van der Waals surface area contributed by atoms with E-state index in [1.165, 1.54) is 4.90 Å². The van der Waals surface area contributed by atoms with Gasteiger partial charge in [0.05, 0.1) is 29.7 Å². The Morgan fingerprint density at radius 1 is 1.05 bits per heavy atom. The molecule has 0 N–H and O–H groups in total. The molecule has 0 radical (unpaired) electrons. The van der Waals surface area contributed by atoms with Gasteiger partial charge in [0.1, 0.15) is 0 Å². The number of fused-ring (bicyclic) bond motifs is 5. The largest absolute Gasteiger partial charge is 0.365 e. The van der Waals surface area contributed by atoms with Crippen molar-refractivity contribution >= 4 is 17.5 Å². The molecule has 0 saturated carbocycles. The van der Waals surface area contributed by atoms with Gasteiger partial charge < -0.3 is 4.74 Å². The van der Waals surface area contributed by atoms with Gasteiger partial charge in [0.25, 0.3) is 0 Å². The smallest absolute Gasteiger partial charge is 0.240 e.